The number of hydrazone groups is 1. The van der Waals surface area contributed by atoms with E-state index in [0.29, 0.717) is 20.8 Å². The highest BCUT2D eigenvalue weighted by Crippen LogP contribution is 2.35. The fourth-order valence-corrected chi connectivity index (χ4v) is 3.42. The Labute approximate surface area is 190 Å². The van der Waals surface area contributed by atoms with Gasteiger partial charge in [-0.1, -0.05) is 17.7 Å². The van der Waals surface area contributed by atoms with Gasteiger partial charge in [0.2, 0.25) is 5.82 Å². The normalized spacial score (nSPS) is 15.1. The van der Waals surface area contributed by atoms with Crippen molar-refractivity contribution in [2.45, 2.75) is 6.92 Å². The van der Waals surface area contributed by atoms with Gasteiger partial charge in [-0.15, -0.1) is 0 Å². The summed E-state index contributed by atoms with van der Waals surface area (Å²) in [5, 5.41) is 4.25. The van der Waals surface area contributed by atoms with E-state index >= 15 is 0 Å². The van der Waals surface area contributed by atoms with Gasteiger partial charge in [-0.05, 0) is 53.2 Å². The monoisotopic (exact) mass is 530 g/mol. The standard InChI is InChI=1S/C21H9BrClF5N2O2/c1-8-11(7-10-3-5-14(32-10)9-2-4-12(22)13(23)6-9)21(31)30(29-8)20-18(27)16(25)15(24)17(26)19(20)28/h2-7H,1H3/b11-7+. The summed E-state index contributed by atoms with van der Waals surface area (Å²) in [7, 11) is 0. The van der Waals surface area contributed by atoms with E-state index in [1.807, 2.05) is 0 Å². The fraction of sp³-hybridized carbons (Fsp3) is 0.0476. The van der Waals surface area contributed by atoms with E-state index in [0.717, 1.165) is 0 Å². The lowest BCUT2D eigenvalue weighted by molar-refractivity contribution is -0.114. The Kier molecular flexibility index (Phi) is 5.68. The Bertz CT molecular complexity index is 1320. The SMILES string of the molecule is CC1=NN(c2c(F)c(F)c(F)c(F)c2F)C(=O)/C1=C/c1ccc(-c2ccc(Br)c(Cl)c2)o1. The lowest BCUT2D eigenvalue weighted by Crippen LogP contribution is -2.25. The van der Waals surface area contributed by atoms with Gasteiger partial charge >= 0.3 is 0 Å². The maximum atomic E-state index is 14.1. The molecule has 0 fully saturated rings. The lowest BCUT2D eigenvalue weighted by atomic mass is 10.1. The van der Waals surface area contributed by atoms with E-state index in [9.17, 15) is 26.7 Å². The molecule has 164 valence electrons. The van der Waals surface area contributed by atoms with E-state index in [-0.39, 0.29) is 22.1 Å². The summed E-state index contributed by atoms with van der Waals surface area (Å²) >= 11 is 9.35. The highest BCUT2D eigenvalue weighted by atomic mass is 79.9. The maximum absolute atomic E-state index is 14.1. The molecule has 0 radical (unpaired) electrons. The Balaban J connectivity index is 1.70. The molecule has 0 saturated heterocycles. The van der Waals surface area contributed by atoms with Crippen LogP contribution in [-0.4, -0.2) is 11.6 Å². The molecule has 1 aliphatic rings. The second-order valence-electron chi connectivity index (χ2n) is 6.61. The average Bonchev–Trinajstić information content (AvgIpc) is 3.34. The first kappa shape index (κ1) is 22.2. The van der Waals surface area contributed by atoms with Crippen molar-refractivity contribution in [3.63, 3.8) is 0 Å². The molecule has 1 aliphatic heterocycles. The minimum Gasteiger partial charge on any atom is -0.457 e. The highest BCUT2D eigenvalue weighted by molar-refractivity contribution is 9.10. The summed E-state index contributed by atoms with van der Waals surface area (Å²) < 4.78 is 75.0. The van der Waals surface area contributed by atoms with Crippen LogP contribution in [0.3, 0.4) is 0 Å². The van der Waals surface area contributed by atoms with Gasteiger partial charge in [0.05, 0.1) is 16.3 Å². The van der Waals surface area contributed by atoms with Crippen LogP contribution in [0, 0.1) is 29.1 Å². The van der Waals surface area contributed by atoms with Crippen LogP contribution in [0.5, 0.6) is 0 Å². The van der Waals surface area contributed by atoms with Crippen LogP contribution in [0.15, 0.2) is 49.9 Å². The summed E-state index contributed by atoms with van der Waals surface area (Å²) in [6.45, 7) is 1.34. The lowest BCUT2D eigenvalue weighted by Gasteiger charge is -2.14. The van der Waals surface area contributed by atoms with Gasteiger partial charge in [-0.2, -0.15) is 10.1 Å². The molecule has 11 heteroatoms. The zero-order valence-electron chi connectivity index (χ0n) is 15.8. The first-order valence-electron chi connectivity index (χ1n) is 8.78. The molecule has 32 heavy (non-hydrogen) atoms. The number of anilines is 1. The van der Waals surface area contributed by atoms with E-state index in [2.05, 4.69) is 21.0 Å². The molecule has 0 N–H and O–H groups in total. The van der Waals surface area contributed by atoms with Crippen molar-refractivity contribution >= 4 is 50.9 Å². The van der Waals surface area contributed by atoms with Crippen LogP contribution in [0.25, 0.3) is 17.4 Å². The van der Waals surface area contributed by atoms with Crippen molar-refractivity contribution in [3.05, 3.63) is 80.2 Å². The number of carbonyl (C=O) groups is 1. The third-order valence-corrected chi connectivity index (χ3v) is 5.81. The molecule has 0 atom stereocenters. The minimum atomic E-state index is -2.33. The van der Waals surface area contributed by atoms with Gasteiger partial charge in [-0.3, -0.25) is 4.79 Å². The summed E-state index contributed by atoms with van der Waals surface area (Å²) in [5.41, 5.74) is -0.972. The molecule has 1 aromatic heterocycles. The third kappa shape index (κ3) is 3.63. The van der Waals surface area contributed by atoms with Gasteiger partial charge in [0.25, 0.3) is 5.91 Å². The fourth-order valence-electron chi connectivity index (χ4n) is 2.99. The quantitative estimate of drug-likeness (QED) is 0.160. The summed E-state index contributed by atoms with van der Waals surface area (Å²) in [4.78, 5) is 12.7. The number of carbonyl (C=O) groups excluding carboxylic acids is 1. The molecule has 2 aromatic carbocycles. The Hall–Kier alpha value is -2.98. The van der Waals surface area contributed by atoms with Crippen molar-refractivity contribution < 1.29 is 31.2 Å². The number of hydrogen-bond donors (Lipinski definition) is 0. The molecule has 0 spiro atoms. The van der Waals surface area contributed by atoms with Crippen molar-refractivity contribution in [2.75, 3.05) is 5.01 Å². The first-order valence-corrected chi connectivity index (χ1v) is 9.95. The number of furan rings is 1. The molecule has 0 aliphatic carbocycles. The Morgan fingerprint density at radius 1 is 1.00 bits per heavy atom. The van der Waals surface area contributed by atoms with Gasteiger partial charge in [0.15, 0.2) is 23.3 Å². The summed E-state index contributed by atoms with van der Waals surface area (Å²) in [5.74, 6) is -11.5. The van der Waals surface area contributed by atoms with Crippen LogP contribution in [0.2, 0.25) is 5.02 Å². The van der Waals surface area contributed by atoms with Gasteiger partial charge in [0, 0.05) is 10.0 Å². The number of nitrogens with zero attached hydrogens (tertiary/aromatic N) is 2. The van der Waals surface area contributed by atoms with Crippen LogP contribution in [0.1, 0.15) is 12.7 Å². The van der Waals surface area contributed by atoms with Gasteiger partial charge < -0.3 is 4.42 Å². The Morgan fingerprint density at radius 3 is 2.25 bits per heavy atom. The molecular weight excluding hydrogens is 523 g/mol. The van der Waals surface area contributed by atoms with Crippen LogP contribution < -0.4 is 5.01 Å². The Morgan fingerprint density at radius 2 is 1.62 bits per heavy atom. The van der Waals surface area contributed by atoms with Crippen molar-refractivity contribution in [1.82, 2.24) is 0 Å². The van der Waals surface area contributed by atoms with E-state index in [4.69, 9.17) is 16.0 Å². The second kappa shape index (κ2) is 8.18. The molecule has 2 heterocycles. The molecule has 0 unspecified atom stereocenters. The van der Waals surface area contributed by atoms with E-state index in [1.165, 1.54) is 19.1 Å². The molecule has 1 amide bonds. The second-order valence-corrected chi connectivity index (χ2v) is 7.87. The van der Waals surface area contributed by atoms with Crippen LogP contribution in [0.4, 0.5) is 27.6 Å². The molecule has 4 nitrogen and oxygen atoms in total. The number of amides is 1. The number of rotatable bonds is 3. The predicted molar refractivity (Wildman–Crippen MR) is 112 cm³/mol. The number of hydrogen-bond acceptors (Lipinski definition) is 3. The molecule has 3 aromatic rings. The largest absolute Gasteiger partial charge is 0.457 e. The summed E-state index contributed by atoms with van der Waals surface area (Å²) in [6, 6.07) is 8.25. The zero-order chi connectivity index (χ0) is 23.3. The smallest absolute Gasteiger partial charge is 0.280 e. The zero-order valence-corrected chi connectivity index (χ0v) is 18.2. The minimum absolute atomic E-state index is 0.0106. The van der Waals surface area contributed by atoms with Gasteiger partial charge in [-0.25, -0.2) is 22.0 Å². The molecule has 4 rings (SSSR count). The number of benzene rings is 2. The first-order chi connectivity index (χ1) is 15.1. The maximum Gasteiger partial charge on any atom is 0.280 e. The van der Waals surface area contributed by atoms with Crippen molar-refractivity contribution in [1.29, 1.82) is 0 Å². The molecule has 0 bridgehead atoms. The average molecular weight is 532 g/mol. The topological polar surface area (TPSA) is 45.8 Å². The summed E-state index contributed by atoms with van der Waals surface area (Å²) in [6.07, 6.45) is 1.25. The van der Waals surface area contributed by atoms with Crippen LogP contribution in [-0.2, 0) is 4.79 Å². The van der Waals surface area contributed by atoms with Crippen molar-refractivity contribution in [2.24, 2.45) is 5.10 Å². The predicted octanol–water partition coefficient (Wildman–Crippen LogP) is 6.86. The van der Waals surface area contributed by atoms with E-state index < -0.39 is 40.7 Å². The number of halogens is 7. The van der Waals surface area contributed by atoms with Crippen molar-refractivity contribution in [3.8, 4) is 11.3 Å². The highest BCUT2D eigenvalue weighted by Gasteiger charge is 2.37. The van der Waals surface area contributed by atoms with Gasteiger partial charge in [0.1, 0.15) is 17.2 Å². The molecular formula is C21H9BrClF5N2O2. The molecule has 0 saturated carbocycles. The van der Waals surface area contributed by atoms with Crippen LogP contribution >= 0.6 is 27.5 Å². The third-order valence-electron chi connectivity index (χ3n) is 4.58. The van der Waals surface area contributed by atoms with E-state index in [1.54, 1.807) is 24.3 Å².